The summed E-state index contributed by atoms with van der Waals surface area (Å²) in [6, 6.07) is -0.343. The zero-order chi connectivity index (χ0) is 6.69. The lowest BCUT2D eigenvalue weighted by atomic mass is 10.3. The van der Waals surface area contributed by atoms with Gasteiger partial charge in [0.2, 0.25) is 0 Å². The average molecular weight is 139 g/mol. The largest absolute Gasteiger partial charge is 0.313 e. The zero-order valence-corrected chi connectivity index (χ0v) is 5.43. The lowest BCUT2D eigenvalue weighted by molar-refractivity contribution is 0.965. The molecule has 1 unspecified atom stereocenters. The summed E-state index contributed by atoms with van der Waals surface area (Å²) in [5, 5.41) is 3.58. The van der Waals surface area contributed by atoms with Crippen LogP contribution >= 0.6 is 11.5 Å². The van der Waals surface area contributed by atoms with Crippen LogP contribution in [-0.4, -0.2) is 9.59 Å². The molecule has 1 aromatic heterocycles. The first-order valence-corrected chi connectivity index (χ1v) is 3.11. The van der Waals surface area contributed by atoms with E-state index < -0.39 is 0 Å². The van der Waals surface area contributed by atoms with Crippen molar-refractivity contribution >= 4 is 11.5 Å². The van der Waals surface area contributed by atoms with Crippen LogP contribution in [0.15, 0.2) is 6.20 Å². The van der Waals surface area contributed by atoms with E-state index in [1.54, 1.807) is 6.20 Å². The van der Waals surface area contributed by atoms with E-state index in [1.165, 1.54) is 11.5 Å². The van der Waals surface area contributed by atoms with Crippen molar-refractivity contribution < 1.29 is 0 Å². The van der Waals surface area contributed by atoms with E-state index in [4.69, 9.17) is 12.2 Å². The standard InChI is InChI=1S/C5H5N3S/c1-2-4(6)5-3-7-8-9-5/h1,3-4H,6H2. The van der Waals surface area contributed by atoms with Crippen molar-refractivity contribution in [1.82, 2.24) is 9.59 Å². The van der Waals surface area contributed by atoms with Gasteiger partial charge in [0.05, 0.1) is 11.1 Å². The first-order chi connectivity index (χ1) is 4.34. The van der Waals surface area contributed by atoms with Gasteiger partial charge >= 0.3 is 0 Å². The van der Waals surface area contributed by atoms with Crippen molar-refractivity contribution in [3.8, 4) is 12.3 Å². The lowest BCUT2D eigenvalue weighted by Crippen LogP contribution is -2.04. The minimum Gasteiger partial charge on any atom is -0.313 e. The molecule has 0 fully saturated rings. The molecule has 0 bridgehead atoms. The van der Waals surface area contributed by atoms with Crippen molar-refractivity contribution in [2.75, 3.05) is 0 Å². The molecule has 0 saturated carbocycles. The second kappa shape index (κ2) is 2.58. The van der Waals surface area contributed by atoms with Crippen molar-refractivity contribution in [3.05, 3.63) is 11.1 Å². The smallest absolute Gasteiger partial charge is 0.104 e. The first-order valence-electron chi connectivity index (χ1n) is 2.33. The van der Waals surface area contributed by atoms with Crippen molar-refractivity contribution in [2.45, 2.75) is 6.04 Å². The molecule has 9 heavy (non-hydrogen) atoms. The van der Waals surface area contributed by atoms with Crippen LogP contribution in [0, 0.1) is 12.3 Å². The second-order valence-corrected chi connectivity index (χ2v) is 2.28. The Hall–Kier alpha value is -0.920. The summed E-state index contributed by atoms with van der Waals surface area (Å²) in [5.74, 6) is 2.38. The SMILES string of the molecule is C#CC(N)c1cnns1. The van der Waals surface area contributed by atoms with Gasteiger partial charge in [-0.2, -0.15) is 0 Å². The van der Waals surface area contributed by atoms with E-state index in [0.717, 1.165) is 4.88 Å². The summed E-state index contributed by atoms with van der Waals surface area (Å²) in [4.78, 5) is 0.831. The molecule has 2 N–H and O–H groups in total. The van der Waals surface area contributed by atoms with Gasteiger partial charge in [-0.05, 0) is 11.5 Å². The third kappa shape index (κ3) is 1.25. The molecule has 0 aliphatic heterocycles. The molecule has 0 aliphatic carbocycles. The summed E-state index contributed by atoms with van der Waals surface area (Å²) in [5.41, 5.74) is 5.43. The number of aromatic nitrogens is 2. The van der Waals surface area contributed by atoms with Crippen molar-refractivity contribution in [3.63, 3.8) is 0 Å². The molecule has 0 amide bonds. The van der Waals surface area contributed by atoms with Crippen LogP contribution in [0.25, 0.3) is 0 Å². The Kier molecular flexibility index (Phi) is 1.78. The number of hydrogen-bond donors (Lipinski definition) is 1. The van der Waals surface area contributed by atoms with Crippen LogP contribution < -0.4 is 5.73 Å². The first kappa shape index (κ1) is 6.20. The number of hydrogen-bond acceptors (Lipinski definition) is 4. The molecule has 0 aromatic carbocycles. The van der Waals surface area contributed by atoms with Crippen LogP contribution in [0.1, 0.15) is 10.9 Å². The Labute approximate surface area is 57.1 Å². The molecular formula is C5H5N3S. The normalized spacial score (nSPS) is 12.4. The molecule has 1 aromatic rings. The van der Waals surface area contributed by atoms with E-state index in [0.29, 0.717) is 0 Å². The molecule has 1 rings (SSSR count). The monoisotopic (exact) mass is 139 g/mol. The average Bonchev–Trinajstić information content (AvgIpc) is 2.37. The highest BCUT2D eigenvalue weighted by Gasteiger charge is 2.02. The topological polar surface area (TPSA) is 51.8 Å². The highest BCUT2D eigenvalue weighted by Crippen LogP contribution is 2.09. The predicted octanol–water partition coefficient (Wildman–Crippen LogP) is 0.171. The van der Waals surface area contributed by atoms with E-state index >= 15 is 0 Å². The van der Waals surface area contributed by atoms with Crippen LogP contribution in [0.4, 0.5) is 0 Å². The Bertz CT molecular complexity index is 211. The zero-order valence-electron chi connectivity index (χ0n) is 4.61. The fraction of sp³-hybridized carbons (Fsp3) is 0.200. The molecule has 0 spiro atoms. The highest BCUT2D eigenvalue weighted by atomic mass is 32.1. The molecule has 0 saturated heterocycles. The Balaban J connectivity index is 2.80. The van der Waals surface area contributed by atoms with Gasteiger partial charge in [0.15, 0.2) is 0 Å². The molecule has 0 aliphatic rings. The van der Waals surface area contributed by atoms with Gasteiger partial charge in [-0.3, -0.25) is 0 Å². The number of nitrogens with zero attached hydrogens (tertiary/aromatic N) is 2. The van der Waals surface area contributed by atoms with Gasteiger partial charge in [-0.25, -0.2) is 0 Å². The van der Waals surface area contributed by atoms with Crippen LogP contribution in [0.2, 0.25) is 0 Å². The molecule has 0 radical (unpaired) electrons. The van der Waals surface area contributed by atoms with Crippen molar-refractivity contribution in [1.29, 1.82) is 0 Å². The Morgan fingerprint density at radius 2 is 2.67 bits per heavy atom. The van der Waals surface area contributed by atoms with E-state index in [-0.39, 0.29) is 6.04 Å². The molecular weight excluding hydrogens is 134 g/mol. The maximum atomic E-state index is 5.43. The number of nitrogens with two attached hydrogens (primary N) is 1. The van der Waals surface area contributed by atoms with Crippen LogP contribution in [-0.2, 0) is 0 Å². The molecule has 4 heteroatoms. The van der Waals surface area contributed by atoms with E-state index in [1.807, 2.05) is 0 Å². The maximum Gasteiger partial charge on any atom is 0.104 e. The fourth-order valence-electron chi connectivity index (χ4n) is 0.394. The molecule has 1 heterocycles. The second-order valence-electron chi connectivity index (χ2n) is 1.46. The third-order valence-corrected chi connectivity index (χ3v) is 1.61. The van der Waals surface area contributed by atoms with Gasteiger partial charge in [0.25, 0.3) is 0 Å². The quantitative estimate of drug-likeness (QED) is 0.564. The van der Waals surface area contributed by atoms with Gasteiger partial charge < -0.3 is 5.73 Å². The summed E-state index contributed by atoms with van der Waals surface area (Å²) in [6.07, 6.45) is 6.62. The summed E-state index contributed by atoms with van der Waals surface area (Å²) in [6.45, 7) is 0. The van der Waals surface area contributed by atoms with Crippen LogP contribution in [0.5, 0.6) is 0 Å². The minimum atomic E-state index is -0.343. The van der Waals surface area contributed by atoms with E-state index in [2.05, 4.69) is 15.5 Å². The molecule has 46 valence electrons. The fourth-order valence-corrected chi connectivity index (χ4v) is 0.858. The van der Waals surface area contributed by atoms with E-state index in [9.17, 15) is 0 Å². The molecule has 3 nitrogen and oxygen atoms in total. The van der Waals surface area contributed by atoms with Crippen LogP contribution in [0.3, 0.4) is 0 Å². The number of rotatable bonds is 1. The van der Waals surface area contributed by atoms with Gasteiger partial charge in [0.1, 0.15) is 6.04 Å². The summed E-state index contributed by atoms with van der Waals surface area (Å²) < 4.78 is 3.61. The predicted molar refractivity (Wildman–Crippen MR) is 35.7 cm³/mol. The van der Waals surface area contributed by atoms with Crippen molar-refractivity contribution in [2.24, 2.45) is 5.73 Å². The minimum absolute atomic E-state index is 0.343. The summed E-state index contributed by atoms with van der Waals surface area (Å²) in [7, 11) is 0. The van der Waals surface area contributed by atoms with Gasteiger partial charge in [0, 0.05) is 0 Å². The van der Waals surface area contributed by atoms with Gasteiger partial charge in [-0.1, -0.05) is 10.4 Å². The molecule has 1 atom stereocenters. The van der Waals surface area contributed by atoms with Gasteiger partial charge in [-0.15, -0.1) is 11.5 Å². The highest BCUT2D eigenvalue weighted by molar-refractivity contribution is 7.05. The Morgan fingerprint density at radius 3 is 3.11 bits per heavy atom. The Morgan fingerprint density at radius 1 is 1.89 bits per heavy atom. The third-order valence-electron chi connectivity index (χ3n) is 0.864. The number of terminal acetylenes is 1. The lowest BCUT2D eigenvalue weighted by Gasteiger charge is -1.93. The maximum absolute atomic E-state index is 5.43. The summed E-state index contributed by atoms with van der Waals surface area (Å²) >= 11 is 1.23.